The maximum atomic E-state index is 10.1. The van der Waals surface area contributed by atoms with Crippen molar-refractivity contribution < 1.29 is 5.11 Å². The van der Waals surface area contributed by atoms with Gasteiger partial charge in [0.15, 0.2) is 5.13 Å². The normalized spacial score (nSPS) is 24.5. The second-order valence-corrected chi connectivity index (χ2v) is 7.89. The second-order valence-electron chi connectivity index (χ2n) is 6.80. The highest BCUT2D eigenvalue weighted by Gasteiger charge is 2.36. The Hall–Kier alpha value is -2.01. The molecule has 0 aliphatic heterocycles. The van der Waals surface area contributed by atoms with E-state index in [0.717, 1.165) is 28.9 Å². The highest BCUT2D eigenvalue weighted by atomic mass is 32.1. The van der Waals surface area contributed by atoms with Crippen LogP contribution in [0.5, 0.6) is 5.88 Å². The Morgan fingerprint density at radius 3 is 2.79 bits per heavy atom. The Balaban J connectivity index is 1.36. The third-order valence-corrected chi connectivity index (χ3v) is 6.17. The van der Waals surface area contributed by atoms with E-state index in [1.807, 2.05) is 18.2 Å². The molecule has 2 N–H and O–H groups in total. The largest absolute Gasteiger partial charge is 0.492 e. The van der Waals surface area contributed by atoms with E-state index in [4.69, 9.17) is 0 Å². The molecule has 1 saturated carbocycles. The number of anilines is 2. The Bertz CT molecular complexity index is 727. The van der Waals surface area contributed by atoms with Gasteiger partial charge in [0.05, 0.1) is 4.88 Å². The molecule has 3 atom stereocenters. The molecule has 2 aliphatic rings. The Morgan fingerprint density at radius 1 is 1.25 bits per heavy atom. The lowest BCUT2D eigenvalue weighted by atomic mass is 10.0. The van der Waals surface area contributed by atoms with Crippen molar-refractivity contribution in [3.63, 3.8) is 0 Å². The van der Waals surface area contributed by atoms with Gasteiger partial charge in [0, 0.05) is 31.7 Å². The lowest BCUT2D eigenvalue weighted by Crippen LogP contribution is -2.23. The number of fused-ring (bicyclic) bond motifs is 2. The lowest BCUT2D eigenvalue weighted by Gasteiger charge is -2.19. The summed E-state index contributed by atoms with van der Waals surface area (Å²) in [5.74, 6) is 1.55. The number of benzene rings is 1. The zero-order chi connectivity index (χ0) is 16.5. The molecule has 1 aromatic carbocycles. The van der Waals surface area contributed by atoms with E-state index < -0.39 is 0 Å². The highest BCUT2D eigenvalue weighted by Crippen LogP contribution is 2.41. The number of likely N-dealkylation sites (N-methyl/N-ethyl adjacent to an activating group) is 1. The number of para-hydroxylation sites is 1. The molecule has 2 aliphatic carbocycles. The van der Waals surface area contributed by atoms with Gasteiger partial charge >= 0.3 is 0 Å². The van der Waals surface area contributed by atoms with Crippen LogP contribution in [0.25, 0.3) is 0 Å². The molecule has 1 aromatic heterocycles. The zero-order valence-corrected chi connectivity index (χ0v) is 14.7. The Kier molecular flexibility index (Phi) is 4.19. The van der Waals surface area contributed by atoms with Crippen LogP contribution in [0.3, 0.4) is 0 Å². The van der Waals surface area contributed by atoms with Crippen LogP contribution in [0.15, 0.2) is 42.5 Å². The fourth-order valence-electron chi connectivity index (χ4n) is 3.75. The summed E-state index contributed by atoms with van der Waals surface area (Å²) in [6.07, 6.45) is 7.92. The first-order valence-electron chi connectivity index (χ1n) is 8.59. The number of aromatic nitrogens is 1. The molecular formula is C19H23N3OS. The second kappa shape index (κ2) is 6.48. The summed E-state index contributed by atoms with van der Waals surface area (Å²) in [5, 5.41) is 14.5. The average molecular weight is 341 g/mol. The van der Waals surface area contributed by atoms with Crippen LogP contribution in [-0.2, 0) is 6.42 Å². The van der Waals surface area contributed by atoms with E-state index in [1.165, 1.54) is 18.5 Å². The van der Waals surface area contributed by atoms with Crippen molar-refractivity contribution in [3.05, 3.63) is 47.4 Å². The van der Waals surface area contributed by atoms with E-state index in [0.29, 0.717) is 12.0 Å². The summed E-state index contributed by atoms with van der Waals surface area (Å²) in [5.41, 5.74) is 1.19. The van der Waals surface area contributed by atoms with Gasteiger partial charge < -0.3 is 15.3 Å². The van der Waals surface area contributed by atoms with Gasteiger partial charge in [-0.1, -0.05) is 41.7 Å². The molecule has 2 aromatic rings. The van der Waals surface area contributed by atoms with Gasteiger partial charge in [-0.15, -0.1) is 0 Å². The minimum absolute atomic E-state index is 0.183. The van der Waals surface area contributed by atoms with Crippen molar-refractivity contribution in [2.45, 2.75) is 25.3 Å². The van der Waals surface area contributed by atoms with Gasteiger partial charge in [-0.25, -0.2) is 0 Å². The van der Waals surface area contributed by atoms with Crippen LogP contribution in [0, 0.1) is 11.8 Å². The maximum Gasteiger partial charge on any atom is 0.227 e. The van der Waals surface area contributed by atoms with Crippen LogP contribution < -0.4 is 10.2 Å². The predicted molar refractivity (Wildman–Crippen MR) is 100.0 cm³/mol. The number of allylic oxidation sites excluding steroid dienone is 1. The fraction of sp³-hybridized carbons (Fsp3) is 0.421. The molecule has 1 fully saturated rings. The molecule has 5 heteroatoms. The van der Waals surface area contributed by atoms with Gasteiger partial charge in [0.2, 0.25) is 5.88 Å². The van der Waals surface area contributed by atoms with Gasteiger partial charge in [-0.3, -0.25) is 0 Å². The molecular weight excluding hydrogens is 318 g/mol. The van der Waals surface area contributed by atoms with Gasteiger partial charge in [0.25, 0.3) is 0 Å². The smallest absolute Gasteiger partial charge is 0.227 e. The molecule has 3 unspecified atom stereocenters. The third kappa shape index (κ3) is 3.13. The summed E-state index contributed by atoms with van der Waals surface area (Å²) in [4.78, 5) is 7.49. The van der Waals surface area contributed by atoms with Crippen molar-refractivity contribution in [1.29, 1.82) is 0 Å². The minimum atomic E-state index is 0.183. The third-order valence-electron chi connectivity index (χ3n) is 5.14. The molecule has 0 radical (unpaired) electrons. The van der Waals surface area contributed by atoms with Crippen LogP contribution in [0.4, 0.5) is 10.8 Å². The summed E-state index contributed by atoms with van der Waals surface area (Å²) >= 11 is 1.59. The van der Waals surface area contributed by atoms with Gasteiger partial charge in [-0.2, -0.15) is 4.98 Å². The average Bonchev–Trinajstić information content (AvgIpc) is 3.30. The van der Waals surface area contributed by atoms with E-state index in [2.05, 4.69) is 46.5 Å². The van der Waals surface area contributed by atoms with E-state index in [-0.39, 0.29) is 5.88 Å². The van der Waals surface area contributed by atoms with Crippen molar-refractivity contribution in [3.8, 4) is 5.88 Å². The summed E-state index contributed by atoms with van der Waals surface area (Å²) in [6, 6.07) is 10.8. The number of hydrogen-bond donors (Lipinski definition) is 2. The SMILES string of the molecule is CN(CCc1sc(NC2CC3C=CC2C3)nc1O)c1ccccc1. The topological polar surface area (TPSA) is 48.4 Å². The molecule has 4 rings (SSSR count). The van der Waals surface area contributed by atoms with Gasteiger partial charge in [0.1, 0.15) is 0 Å². The van der Waals surface area contributed by atoms with Crippen molar-refractivity contribution in [2.75, 3.05) is 23.8 Å². The van der Waals surface area contributed by atoms with Gasteiger partial charge in [-0.05, 0) is 36.8 Å². The molecule has 126 valence electrons. The lowest BCUT2D eigenvalue weighted by molar-refractivity contribution is 0.451. The fourth-order valence-corrected chi connectivity index (χ4v) is 4.66. The first-order chi connectivity index (χ1) is 11.7. The first-order valence-corrected chi connectivity index (χ1v) is 9.40. The standard InChI is InChI=1S/C19H23N3OS/c1-22(15-5-3-2-4-6-15)10-9-17-18(23)21-19(24-17)20-16-12-13-7-8-14(16)11-13/h2-8,13-14,16,23H,9-12H2,1H3,(H,20,21). The number of nitrogens with one attached hydrogen (secondary N) is 1. The molecule has 4 nitrogen and oxygen atoms in total. The number of thiazole rings is 1. The Labute approximate surface area is 146 Å². The Morgan fingerprint density at radius 2 is 2.08 bits per heavy atom. The maximum absolute atomic E-state index is 10.1. The van der Waals surface area contributed by atoms with Crippen LogP contribution in [-0.4, -0.2) is 29.7 Å². The summed E-state index contributed by atoms with van der Waals surface area (Å²) < 4.78 is 0. The first kappa shape index (κ1) is 15.5. The summed E-state index contributed by atoms with van der Waals surface area (Å²) in [7, 11) is 2.08. The molecule has 0 saturated heterocycles. The molecule has 1 heterocycles. The zero-order valence-electron chi connectivity index (χ0n) is 13.9. The van der Waals surface area contributed by atoms with Crippen molar-refractivity contribution in [2.24, 2.45) is 11.8 Å². The number of rotatable bonds is 6. The van der Waals surface area contributed by atoms with Crippen molar-refractivity contribution in [1.82, 2.24) is 4.98 Å². The molecule has 2 bridgehead atoms. The van der Waals surface area contributed by atoms with Crippen LogP contribution >= 0.6 is 11.3 Å². The quantitative estimate of drug-likeness (QED) is 0.782. The van der Waals surface area contributed by atoms with E-state index >= 15 is 0 Å². The monoisotopic (exact) mass is 341 g/mol. The van der Waals surface area contributed by atoms with Crippen LogP contribution in [0.2, 0.25) is 0 Å². The minimum Gasteiger partial charge on any atom is -0.492 e. The molecule has 24 heavy (non-hydrogen) atoms. The highest BCUT2D eigenvalue weighted by molar-refractivity contribution is 7.15. The predicted octanol–water partition coefficient (Wildman–Crippen LogP) is 3.90. The van der Waals surface area contributed by atoms with Crippen molar-refractivity contribution >= 4 is 22.2 Å². The number of nitrogens with zero attached hydrogens (tertiary/aromatic N) is 2. The summed E-state index contributed by atoms with van der Waals surface area (Å²) in [6.45, 7) is 0.857. The van der Waals surface area contributed by atoms with Crippen LogP contribution in [0.1, 0.15) is 17.7 Å². The molecule has 0 amide bonds. The number of hydrogen-bond acceptors (Lipinski definition) is 5. The molecule has 0 spiro atoms. The van der Waals surface area contributed by atoms with E-state index in [9.17, 15) is 5.11 Å². The van der Waals surface area contributed by atoms with E-state index in [1.54, 1.807) is 11.3 Å². The number of aromatic hydroxyl groups is 1.